The predicted molar refractivity (Wildman–Crippen MR) is 119 cm³/mol. The van der Waals surface area contributed by atoms with Crippen molar-refractivity contribution in [1.82, 2.24) is 14.9 Å². The minimum Gasteiger partial charge on any atom is -0.378 e. The topological polar surface area (TPSA) is 57.2 Å². The number of hydrogen-bond donors (Lipinski definition) is 0. The monoisotopic (exact) mass is 416 g/mol. The summed E-state index contributed by atoms with van der Waals surface area (Å²) in [7, 11) is 0. The van der Waals surface area contributed by atoms with Gasteiger partial charge < -0.3 is 24.2 Å². The molecule has 1 saturated carbocycles. The molecule has 5 rings (SSSR count). The number of nitrogens with zero attached hydrogens (tertiary/aromatic N) is 6. The molecule has 0 unspecified atom stereocenters. The second-order valence-corrected chi connectivity index (χ2v) is 8.90. The number of morpholine rings is 2. The maximum absolute atomic E-state index is 5.56. The van der Waals surface area contributed by atoms with Crippen LogP contribution in [0.15, 0.2) is 6.07 Å². The van der Waals surface area contributed by atoms with Gasteiger partial charge in [-0.15, -0.1) is 0 Å². The fourth-order valence-electron chi connectivity index (χ4n) is 5.19. The van der Waals surface area contributed by atoms with Gasteiger partial charge in [-0.05, 0) is 12.8 Å². The van der Waals surface area contributed by atoms with Crippen molar-refractivity contribution in [2.75, 3.05) is 93.5 Å². The fourth-order valence-corrected chi connectivity index (χ4v) is 5.19. The van der Waals surface area contributed by atoms with Crippen LogP contribution < -0.4 is 14.7 Å². The van der Waals surface area contributed by atoms with Crippen LogP contribution in [-0.2, 0) is 9.47 Å². The van der Waals surface area contributed by atoms with E-state index in [1.165, 1.54) is 32.1 Å². The van der Waals surface area contributed by atoms with Crippen molar-refractivity contribution in [3.63, 3.8) is 0 Å². The molecule has 0 N–H and O–H groups in total. The number of anilines is 3. The van der Waals surface area contributed by atoms with Crippen LogP contribution in [0.2, 0.25) is 0 Å². The van der Waals surface area contributed by atoms with Crippen molar-refractivity contribution in [2.45, 2.75) is 38.1 Å². The third-order valence-electron chi connectivity index (χ3n) is 7.05. The number of piperazine rings is 1. The van der Waals surface area contributed by atoms with Gasteiger partial charge in [0.05, 0.1) is 26.4 Å². The van der Waals surface area contributed by atoms with E-state index >= 15 is 0 Å². The SMILES string of the molecule is c1c(N2CCOCC2)nc(N2CCOCC2)nc1N1CCN(C2CCCCC2)CC1. The molecule has 30 heavy (non-hydrogen) atoms. The van der Waals surface area contributed by atoms with Crippen LogP contribution in [0.5, 0.6) is 0 Å². The second-order valence-electron chi connectivity index (χ2n) is 8.90. The van der Waals surface area contributed by atoms with E-state index in [1.54, 1.807) is 0 Å². The Bertz CT molecular complexity index is 642. The van der Waals surface area contributed by atoms with E-state index in [0.717, 1.165) is 102 Å². The first-order valence-corrected chi connectivity index (χ1v) is 11.9. The van der Waals surface area contributed by atoms with Crippen molar-refractivity contribution in [2.24, 2.45) is 0 Å². The van der Waals surface area contributed by atoms with Gasteiger partial charge in [0, 0.05) is 64.5 Å². The zero-order valence-electron chi connectivity index (χ0n) is 18.2. The van der Waals surface area contributed by atoms with E-state index < -0.39 is 0 Å². The van der Waals surface area contributed by atoms with Crippen LogP contribution in [0.25, 0.3) is 0 Å². The quantitative estimate of drug-likeness (QED) is 0.734. The molecular formula is C22H36N6O2. The summed E-state index contributed by atoms with van der Waals surface area (Å²) in [5.74, 6) is 2.97. The summed E-state index contributed by atoms with van der Waals surface area (Å²) in [6.45, 7) is 11.0. The molecule has 166 valence electrons. The Kier molecular flexibility index (Phi) is 6.53. The summed E-state index contributed by atoms with van der Waals surface area (Å²) in [5.41, 5.74) is 0. The predicted octanol–water partition coefficient (Wildman–Crippen LogP) is 1.60. The normalized spacial score (nSPS) is 25.0. The lowest BCUT2D eigenvalue weighted by molar-refractivity contribution is 0.121. The number of rotatable bonds is 4. The van der Waals surface area contributed by atoms with Crippen molar-refractivity contribution in [3.8, 4) is 0 Å². The van der Waals surface area contributed by atoms with Gasteiger partial charge in [-0.1, -0.05) is 19.3 Å². The van der Waals surface area contributed by atoms with Gasteiger partial charge in [0.15, 0.2) is 0 Å². The number of aromatic nitrogens is 2. The Morgan fingerprint density at radius 3 is 1.77 bits per heavy atom. The molecule has 0 radical (unpaired) electrons. The van der Waals surface area contributed by atoms with Gasteiger partial charge in [0.2, 0.25) is 5.95 Å². The Morgan fingerprint density at radius 1 is 0.633 bits per heavy atom. The molecule has 0 atom stereocenters. The van der Waals surface area contributed by atoms with Crippen LogP contribution >= 0.6 is 0 Å². The van der Waals surface area contributed by atoms with Crippen molar-refractivity contribution < 1.29 is 9.47 Å². The first-order valence-electron chi connectivity index (χ1n) is 11.9. The minimum atomic E-state index is 0.751. The molecule has 8 nitrogen and oxygen atoms in total. The molecular weight excluding hydrogens is 380 g/mol. The lowest BCUT2D eigenvalue weighted by atomic mass is 9.94. The van der Waals surface area contributed by atoms with E-state index in [0.29, 0.717) is 0 Å². The second kappa shape index (κ2) is 9.66. The van der Waals surface area contributed by atoms with Crippen LogP contribution in [0.3, 0.4) is 0 Å². The maximum atomic E-state index is 5.56. The highest BCUT2D eigenvalue weighted by Crippen LogP contribution is 2.27. The molecule has 3 saturated heterocycles. The molecule has 4 heterocycles. The van der Waals surface area contributed by atoms with Gasteiger partial charge in [-0.25, -0.2) is 0 Å². The zero-order valence-corrected chi connectivity index (χ0v) is 18.2. The fraction of sp³-hybridized carbons (Fsp3) is 0.818. The average Bonchev–Trinajstić information content (AvgIpc) is 2.85. The molecule has 0 aromatic carbocycles. The highest BCUT2D eigenvalue weighted by molar-refractivity contribution is 5.56. The van der Waals surface area contributed by atoms with E-state index in [1.807, 2.05) is 0 Å². The average molecular weight is 417 g/mol. The molecule has 3 aliphatic heterocycles. The summed E-state index contributed by atoms with van der Waals surface area (Å²) in [6.07, 6.45) is 7.00. The van der Waals surface area contributed by atoms with Crippen LogP contribution in [0, 0.1) is 0 Å². The Balaban J connectivity index is 1.32. The molecule has 1 aliphatic carbocycles. The summed E-state index contributed by atoms with van der Waals surface area (Å²) < 4.78 is 11.1. The molecule has 4 fully saturated rings. The molecule has 0 bridgehead atoms. The van der Waals surface area contributed by atoms with Crippen molar-refractivity contribution >= 4 is 17.6 Å². The van der Waals surface area contributed by atoms with Gasteiger partial charge in [-0.3, -0.25) is 4.90 Å². The van der Waals surface area contributed by atoms with Gasteiger partial charge in [-0.2, -0.15) is 9.97 Å². The van der Waals surface area contributed by atoms with Crippen molar-refractivity contribution in [1.29, 1.82) is 0 Å². The first-order chi connectivity index (χ1) is 14.9. The molecule has 1 aromatic heterocycles. The molecule has 8 heteroatoms. The van der Waals surface area contributed by atoms with Crippen LogP contribution in [0.4, 0.5) is 17.6 Å². The third-order valence-corrected chi connectivity index (χ3v) is 7.05. The van der Waals surface area contributed by atoms with Gasteiger partial charge in [0.25, 0.3) is 0 Å². The van der Waals surface area contributed by atoms with Gasteiger partial charge >= 0.3 is 0 Å². The Hall–Kier alpha value is -1.64. The number of hydrogen-bond acceptors (Lipinski definition) is 8. The molecule has 4 aliphatic rings. The summed E-state index contributed by atoms with van der Waals surface area (Å²) in [4.78, 5) is 19.8. The standard InChI is InChI=1S/C22H36N6O2/c1-2-4-19(5-3-1)25-6-8-26(9-7-25)20-18-21(27-10-14-29-15-11-27)24-22(23-20)28-12-16-30-17-13-28/h18-19H,1-17H2. The lowest BCUT2D eigenvalue weighted by Gasteiger charge is -2.41. The van der Waals surface area contributed by atoms with Gasteiger partial charge in [0.1, 0.15) is 11.6 Å². The third kappa shape index (κ3) is 4.65. The molecule has 1 aromatic rings. The lowest BCUT2D eigenvalue weighted by Crippen LogP contribution is -2.51. The Morgan fingerprint density at radius 2 is 1.17 bits per heavy atom. The van der Waals surface area contributed by atoms with E-state index in [9.17, 15) is 0 Å². The van der Waals surface area contributed by atoms with E-state index in [4.69, 9.17) is 19.4 Å². The summed E-state index contributed by atoms with van der Waals surface area (Å²) >= 11 is 0. The highest BCUT2D eigenvalue weighted by atomic mass is 16.5. The van der Waals surface area contributed by atoms with E-state index in [-0.39, 0.29) is 0 Å². The van der Waals surface area contributed by atoms with Crippen LogP contribution in [0.1, 0.15) is 32.1 Å². The largest absolute Gasteiger partial charge is 0.378 e. The maximum Gasteiger partial charge on any atom is 0.229 e. The minimum absolute atomic E-state index is 0.751. The molecule has 0 spiro atoms. The highest BCUT2D eigenvalue weighted by Gasteiger charge is 2.27. The van der Waals surface area contributed by atoms with E-state index in [2.05, 4.69) is 25.7 Å². The Labute approximate surface area is 180 Å². The molecule has 0 amide bonds. The zero-order chi connectivity index (χ0) is 20.2. The first kappa shape index (κ1) is 20.3. The number of ether oxygens (including phenoxy) is 2. The summed E-state index contributed by atoms with van der Waals surface area (Å²) in [5, 5.41) is 0. The summed E-state index contributed by atoms with van der Waals surface area (Å²) in [6, 6.07) is 3.00. The van der Waals surface area contributed by atoms with Crippen molar-refractivity contribution in [3.05, 3.63) is 6.07 Å². The smallest absolute Gasteiger partial charge is 0.229 e. The van der Waals surface area contributed by atoms with Crippen LogP contribution in [-0.4, -0.2) is 99.7 Å².